The summed E-state index contributed by atoms with van der Waals surface area (Å²) in [5.41, 5.74) is 14.9. The quantitative estimate of drug-likeness (QED) is 0.360. The van der Waals surface area contributed by atoms with Crippen molar-refractivity contribution in [2.24, 2.45) is 9.98 Å². The van der Waals surface area contributed by atoms with Gasteiger partial charge < -0.3 is 24.8 Å². The number of hydrogen-bond donors (Lipinski definition) is 0. The second-order valence-corrected chi connectivity index (χ2v) is 13.0. The standard InChI is InChI=1S/C37H47N3.2ClH.Fe/c1-22(2)28-15-11-16-29(23(3)4)36(28)38-32-19-9-13-26-21-27-14-10-20-33(35(27)40-34(26)32)39-37-30(24(5)6)17-12-18-31(37)25(7)8;;;/h11-12,15-18,21-25H,9-10,13-14,19-20H2,1-8H3;2*1H;/q;;;+2/p-2. The first-order valence-corrected chi connectivity index (χ1v) is 15.6. The molecular weight excluding hydrogens is 613 g/mol. The first-order chi connectivity index (χ1) is 19.2. The molecule has 232 valence electrons. The van der Waals surface area contributed by atoms with Crippen LogP contribution in [0.5, 0.6) is 0 Å². The summed E-state index contributed by atoms with van der Waals surface area (Å²) < 4.78 is 0. The molecule has 0 aliphatic heterocycles. The molecule has 0 spiro atoms. The molecule has 2 aliphatic rings. The molecule has 3 nitrogen and oxygen atoms in total. The Bertz CT molecular complexity index is 1310. The van der Waals surface area contributed by atoms with E-state index >= 15 is 0 Å². The van der Waals surface area contributed by atoms with Gasteiger partial charge >= 0.3 is 17.1 Å². The van der Waals surface area contributed by atoms with Crippen LogP contribution in [0.2, 0.25) is 0 Å². The molecule has 2 aliphatic carbocycles. The second kappa shape index (κ2) is 15.8. The van der Waals surface area contributed by atoms with Crippen LogP contribution in [-0.2, 0) is 29.9 Å². The van der Waals surface area contributed by atoms with Gasteiger partial charge in [-0.15, -0.1) is 0 Å². The number of aromatic nitrogens is 1. The molecule has 1 heterocycles. The minimum absolute atomic E-state index is 0. The molecule has 1 aromatic heterocycles. The van der Waals surface area contributed by atoms with Crippen LogP contribution in [0.3, 0.4) is 0 Å². The largest absolute Gasteiger partial charge is 2.00 e. The average molecular weight is 661 g/mol. The number of pyridine rings is 1. The SMILES string of the molecule is CC(C)c1cccc(C(C)C)c1N=C1CCCc2cc3c(nc21)C(=Nc1c(C(C)C)cccc1C(C)C)CCC3.[Cl-].[Cl-].[Fe+2]. The van der Waals surface area contributed by atoms with Gasteiger partial charge in [0.15, 0.2) is 0 Å². The number of nitrogens with zero attached hydrogens (tertiary/aromatic N) is 3. The van der Waals surface area contributed by atoms with Crippen molar-refractivity contribution in [3.8, 4) is 0 Å². The molecule has 43 heavy (non-hydrogen) atoms. The van der Waals surface area contributed by atoms with E-state index in [2.05, 4.69) is 97.9 Å². The van der Waals surface area contributed by atoms with E-state index in [0.29, 0.717) is 23.7 Å². The van der Waals surface area contributed by atoms with Gasteiger partial charge in [0.2, 0.25) is 0 Å². The molecule has 0 amide bonds. The summed E-state index contributed by atoms with van der Waals surface area (Å²) in [6.45, 7) is 18.2. The third-order valence-electron chi connectivity index (χ3n) is 8.62. The zero-order valence-electron chi connectivity index (χ0n) is 27.0. The number of rotatable bonds is 6. The van der Waals surface area contributed by atoms with E-state index in [9.17, 15) is 0 Å². The first-order valence-electron chi connectivity index (χ1n) is 15.6. The Morgan fingerprint density at radius 3 is 1.16 bits per heavy atom. The van der Waals surface area contributed by atoms with Crippen molar-refractivity contribution in [3.05, 3.63) is 87.2 Å². The average Bonchev–Trinajstić information content (AvgIpc) is 2.92. The predicted octanol–water partition coefficient (Wildman–Crippen LogP) is 4.49. The van der Waals surface area contributed by atoms with Crippen LogP contribution >= 0.6 is 0 Å². The predicted molar refractivity (Wildman–Crippen MR) is 172 cm³/mol. The van der Waals surface area contributed by atoms with Crippen LogP contribution < -0.4 is 24.8 Å². The van der Waals surface area contributed by atoms with E-state index in [4.69, 9.17) is 15.0 Å². The fourth-order valence-electron chi connectivity index (χ4n) is 6.38. The topological polar surface area (TPSA) is 37.6 Å². The summed E-state index contributed by atoms with van der Waals surface area (Å²) in [7, 11) is 0. The van der Waals surface area contributed by atoms with Crippen LogP contribution in [0.25, 0.3) is 0 Å². The first kappa shape index (κ1) is 37.2. The number of aryl methyl sites for hydroxylation is 2. The molecule has 5 rings (SSSR count). The molecule has 2 aromatic carbocycles. The van der Waals surface area contributed by atoms with Gasteiger partial charge in [0.05, 0.1) is 34.2 Å². The molecule has 0 radical (unpaired) electrons. The van der Waals surface area contributed by atoms with Gasteiger partial charge in [-0.25, -0.2) is 4.98 Å². The fraction of sp³-hybridized carbons (Fsp3) is 0.486. The van der Waals surface area contributed by atoms with Gasteiger partial charge in [-0.2, -0.15) is 0 Å². The fourth-order valence-corrected chi connectivity index (χ4v) is 6.38. The van der Waals surface area contributed by atoms with Crippen LogP contribution in [0.4, 0.5) is 11.4 Å². The molecule has 0 N–H and O–H groups in total. The second-order valence-electron chi connectivity index (χ2n) is 13.0. The van der Waals surface area contributed by atoms with E-state index in [1.54, 1.807) is 0 Å². The van der Waals surface area contributed by atoms with Crippen molar-refractivity contribution in [1.82, 2.24) is 4.98 Å². The van der Waals surface area contributed by atoms with Gasteiger partial charge in [-0.1, -0.05) is 97.9 Å². The van der Waals surface area contributed by atoms with Crippen molar-refractivity contribution < 1.29 is 41.9 Å². The maximum atomic E-state index is 5.45. The number of fused-ring (bicyclic) bond motifs is 2. The van der Waals surface area contributed by atoms with Crippen LogP contribution in [0.15, 0.2) is 52.4 Å². The van der Waals surface area contributed by atoms with E-state index < -0.39 is 0 Å². The van der Waals surface area contributed by atoms with Crippen LogP contribution in [-0.4, -0.2) is 16.4 Å². The molecule has 0 atom stereocenters. The summed E-state index contributed by atoms with van der Waals surface area (Å²) in [4.78, 5) is 16.3. The Labute approximate surface area is 283 Å². The van der Waals surface area contributed by atoms with E-state index in [-0.39, 0.29) is 41.9 Å². The van der Waals surface area contributed by atoms with Gasteiger partial charge in [-0.3, -0.25) is 9.98 Å². The molecule has 0 fully saturated rings. The smallest absolute Gasteiger partial charge is 1.00 e. The Balaban J connectivity index is 0.00000215. The summed E-state index contributed by atoms with van der Waals surface area (Å²) in [6.07, 6.45) is 6.38. The summed E-state index contributed by atoms with van der Waals surface area (Å²) in [6, 6.07) is 15.8. The molecule has 0 bridgehead atoms. The maximum absolute atomic E-state index is 5.45. The van der Waals surface area contributed by atoms with Crippen molar-refractivity contribution >= 4 is 22.8 Å². The normalized spacial score (nSPS) is 16.2. The van der Waals surface area contributed by atoms with Crippen LogP contribution in [0.1, 0.15) is 150 Å². The monoisotopic (exact) mass is 659 g/mol. The Morgan fingerprint density at radius 2 is 0.860 bits per heavy atom. The number of halogens is 2. The Kier molecular flexibility index (Phi) is 13.7. The molecule has 6 heteroatoms. The summed E-state index contributed by atoms with van der Waals surface area (Å²) in [5.74, 6) is 1.69. The molecule has 0 saturated carbocycles. The van der Waals surface area contributed by atoms with Crippen molar-refractivity contribution in [2.75, 3.05) is 0 Å². The van der Waals surface area contributed by atoms with Gasteiger partial charge in [0.25, 0.3) is 0 Å². The van der Waals surface area contributed by atoms with E-state index in [0.717, 1.165) is 72.7 Å². The Hall–Kier alpha value is -1.97. The van der Waals surface area contributed by atoms with Gasteiger partial charge in [0.1, 0.15) is 0 Å². The zero-order valence-corrected chi connectivity index (χ0v) is 29.7. The summed E-state index contributed by atoms with van der Waals surface area (Å²) in [5, 5.41) is 0. The maximum Gasteiger partial charge on any atom is 2.00 e. The zero-order chi connectivity index (χ0) is 28.6. The van der Waals surface area contributed by atoms with Crippen molar-refractivity contribution in [3.63, 3.8) is 0 Å². The Morgan fingerprint density at radius 1 is 0.535 bits per heavy atom. The number of aliphatic imine (C=N–C) groups is 2. The van der Waals surface area contributed by atoms with Crippen LogP contribution in [0, 0.1) is 0 Å². The van der Waals surface area contributed by atoms with E-state index in [1.165, 1.54) is 33.4 Å². The third kappa shape index (κ3) is 7.82. The van der Waals surface area contributed by atoms with Gasteiger partial charge in [0, 0.05) is 0 Å². The number of hydrogen-bond acceptors (Lipinski definition) is 3. The summed E-state index contributed by atoms with van der Waals surface area (Å²) >= 11 is 0. The minimum Gasteiger partial charge on any atom is -1.00 e. The van der Waals surface area contributed by atoms with Gasteiger partial charge in [-0.05, 0) is 95.6 Å². The minimum atomic E-state index is 0. The molecule has 3 aromatic rings. The van der Waals surface area contributed by atoms with Crippen molar-refractivity contribution in [1.29, 1.82) is 0 Å². The molecular formula is C37H47Cl2FeN3. The third-order valence-corrected chi connectivity index (χ3v) is 8.62. The number of para-hydroxylation sites is 2. The molecule has 0 unspecified atom stereocenters. The number of benzene rings is 2. The molecule has 0 saturated heterocycles. The van der Waals surface area contributed by atoms with E-state index in [1.807, 2.05) is 0 Å². The van der Waals surface area contributed by atoms with Crippen molar-refractivity contribution in [2.45, 2.75) is 118 Å².